The van der Waals surface area contributed by atoms with Crippen molar-refractivity contribution >= 4 is 40.6 Å². The number of aromatic nitrogens is 2. The van der Waals surface area contributed by atoms with E-state index in [1.54, 1.807) is 23.8 Å². The van der Waals surface area contributed by atoms with Crippen LogP contribution in [0.1, 0.15) is 35.0 Å². The molecule has 0 saturated carbocycles. The highest BCUT2D eigenvalue weighted by molar-refractivity contribution is 7.97. The van der Waals surface area contributed by atoms with Gasteiger partial charge in [-0.2, -0.15) is 0 Å². The fourth-order valence-electron chi connectivity index (χ4n) is 5.24. The highest BCUT2D eigenvalue weighted by Gasteiger charge is 2.28. The zero-order valence-electron chi connectivity index (χ0n) is 21.1. The molecular formula is C29H28N6O2S. The van der Waals surface area contributed by atoms with Gasteiger partial charge < -0.3 is 16.0 Å². The average molecular weight is 525 g/mol. The van der Waals surface area contributed by atoms with E-state index in [1.165, 1.54) is 0 Å². The summed E-state index contributed by atoms with van der Waals surface area (Å²) >= 11 is 1.69. The highest BCUT2D eigenvalue weighted by atomic mass is 32.2. The summed E-state index contributed by atoms with van der Waals surface area (Å²) in [7, 11) is 0. The number of carbonyl (C=O) groups is 2. The van der Waals surface area contributed by atoms with Crippen molar-refractivity contribution < 1.29 is 9.59 Å². The first-order valence-electron chi connectivity index (χ1n) is 12.7. The first-order chi connectivity index (χ1) is 18.4. The monoisotopic (exact) mass is 524 g/mol. The molecule has 0 bridgehead atoms. The smallest absolute Gasteiger partial charge is 0.273 e. The summed E-state index contributed by atoms with van der Waals surface area (Å²) in [6.45, 7) is 4.35. The van der Waals surface area contributed by atoms with Crippen molar-refractivity contribution in [1.82, 2.24) is 24.5 Å². The topological polar surface area (TPSA) is 104 Å². The number of nitrogens with zero attached hydrogens (tertiary/aromatic N) is 4. The number of nitrogens with two attached hydrogens (primary N) is 1. The number of anilines is 1. The van der Waals surface area contributed by atoms with Crippen LogP contribution in [0.4, 0.5) is 5.95 Å². The van der Waals surface area contributed by atoms with Gasteiger partial charge in [0.15, 0.2) is 0 Å². The van der Waals surface area contributed by atoms with Gasteiger partial charge in [0, 0.05) is 49.4 Å². The van der Waals surface area contributed by atoms with Crippen LogP contribution in [0.5, 0.6) is 0 Å². The highest BCUT2D eigenvalue weighted by Crippen LogP contribution is 2.37. The number of hydrogen-bond donors (Lipinski definition) is 2. The van der Waals surface area contributed by atoms with Gasteiger partial charge in [0.1, 0.15) is 5.69 Å². The molecule has 8 nitrogen and oxygen atoms in total. The van der Waals surface area contributed by atoms with Gasteiger partial charge in [-0.1, -0.05) is 48.5 Å². The van der Waals surface area contributed by atoms with Crippen molar-refractivity contribution in [2.45, 2.75) is 37.4 Å². The number of nitrogens with one attached hydrogen (secondary N) is 1. The Hall–Kier alpha value is -3.95. The molecule has 192 valence electrons. The Balaban J connectivity index is 1.31. The zero-order chi connectivity index (χ0) is 26.2. The number of carbonyl (C=O) groups excluding carboxylic acids is 2. The summed E-state index contributed by atoms with van der Waals surface area (Å²) in [6.07, 6.45) is 0.926. The van der Waals surface area contributed by atoms with Crippen molar-refractivity contribution in [1.29, 1.82) is 0 Å². The van der Waals surface area contributed by atoms with Crippen molar-refractivity contribution in [3.8, 4) is 11.1 Å². The van der Waals surface area contributed by atoms with Crippen LogP contribution < -0.4 is 11.1 Å². The van der Waals surface area contributed by atoms with E-state index in [1.807, 2.05) is 42.5 Å². The van der Waals surface area contributed by atoms with Crippen LogP contribution >= 0.6 is 11.9 Å². The number of fused-ring (bicyclic) bond motifs is 2. The van der Waals surface area contributed by atoms with Crippen LogP contribution in [0.25, 0.3) is 22.0 Å². The lowest BCUT2D eigenvalue weighted by Gasteiger charge is -2.18. The molecule has 2 aliphatic heterocycles. The van der Waals surface area contributed by atoms with Gasteiger partial charge in [0.05, 0.1) is 5.52 Å². The number of rotatable bonds is 5. The lowest BCUT2D eigenvalue weighted by Crippen LogP contribution is -2.34. The Morgan fingerprint density at radius 3 is 2.50 bits per heavy atom. The van der Waals surface area contributed by atoms with Gasteiger partial charge in [-0.3, -0.25) is 9.59 Å². The fourth-order valence-corrected chi connectivity index (χ4v) is 6.40. The van der Waals surface area contributed by atoms with Gasteiger partial charge in [-0.15, -0.1) is 0 Å². The predicted octanol–water partition coefficient (Wildman–Crippen LogP) is 4.25. The van der Waals surface area contributed by atoms with E-state index in [0.29, 0.717) is 29.7 Å². The molecule has 1 unspecified atom stereocenters. The summed E-state index contributed by atoms with van der Waals surface area (Å²) in [5.74, 6) is -0.0605. The number of hydrogen-bond acceptors (Lipinski definition) is 7. The third-order valence-electron chi connectivity index (χ3n) is 7.03. The summed E-state index contributed by atoms with van der Waals surface area (Å²) in [6, 6.07) is 22.4. The maximum absolute atomic E-state index is 13.7. The van der Waals surface area contributed by atoms with Crippen molar-refractivity contribution in [3.05, 3.63) is 83.6 Å². The Bertz CT molecular complexity index is 1530. The van der Waals surface area contributed by atoms with Gasteiger partial charge in [0.2, 0.25) is 11.9 Å². The third-order valence-corrected chi connectivity index (χ3v) is 8.17. The maximum Gasteiger partial charge on any atom is 0.273 e. The Morgan fingerprint density at radius 1 is 1.00 bits per heavy atom. The van der Waals surface area contributed by atoms with Crippen molar-refractivity contribution in [2.75, 3.05) is 18.8 Å². The molecule has 38 heavy (non-hydrogen) atoms. The molecule has 1 saturated heterocycles. The first-order valence-corrected chi connectivity index (χ1v) is 13.4. The second-order valence-electron chi connectivity index (χ2n) is 9.75. The van der Waals surface area contributed by atoms with Gasteiger partial charge >= 0.3 is 0 Å². The van der Waals surface area contributed by atoms with E-state index in [9.17, 15) is 9.59 Å². The van der Waals surface area contributed by atoms with E-state index in [0.717, 1.165) is 46.7 Å². The normalized spacial score (nSPS) is 17.1. The van der Waals surface area contributed by atoms with Crippen LogP contribution in [-0.2, 0) is 17.9 Å². The Morgan fingerprint density at radius 2 is 1.74 bits per heavy atom. The van der Waals surface area contributed by atoms with E-state index < -0.39 is 0 Å². The summed E-state index contributed by atoms with van der Waals surface area (Å²) in [5, 5.41) is 3.70. The van der Waals surface area contributed by atoms with E-state index in [2.05, 4.69) is 43.9 Å². The quantitative estimate of drug-likeness (QED) is 0.376. The minimum absolute atomic E-state index is 0.00410. The van der Waals surface area contributed by atoms with Crippen molar-refractivity contribution in [3.63, 3.8) is 0 Å². The van der Waals surface area contributed by atoms with Gasteiger partial charge in [-0.25, -0.2) is 14.3 Å². The molecule has 0 spiro atoms. The van der Waals surface area contributed by atoms with Crippen LogP contribution in [0, 0.1) is 0 Å². The van der Waals surface area contributed by atoms with Crippen LogP contribution in [0.3, 0.4) is 0 Å². The largest absolute Gasteiger partial charge is 0.368 e. The number of benzene rings is 3. The second kappa shape index (κ2) is 10.1. The molecule has 0 aliphatic carbocycles. The lowest BCUT2D eigenvalue weighted by molar-refractivity contribution is -0.119. The zero-order valence-corrected chi connectivity index (χ0v) is 21.9. The van der Waals surface area contributed by atoms with Crippen LogP contribution in [0.15, 0.2) is 71.6 Å². The fraction of sp³-hybridized carbons (Fsp3) is 0.241. The minimum Gasteiger partial charge on any atom is -0.368 e. The molecule has 4 aromatic rings. The molecule has 3 N–H and O–H groups in total. The molecule has 2 aliphatic rings. The molecule has 1 fully saturated rings. The molecule has 9 heteroatoms. The minimum atomic E-state index is -0.152. The summed E-state index contributed by atoms with van der Waals surface area (Å²) < 4.78 is 2.28. The first kappa shape index (κ1) is 24.4. The molecule has 3 heterocycles. The Labute approximate surface area is 225 Å². The molecular weight excluding hydrogens is 496 g/mol. The van der Waals surface area contributed by atoms with Gasteiger partial charge in [0.25, 0.3) is 5.91 Å². The molecule has 0 radical (unpaired) electrons. The van der Waals surface area contributed by atoms with E-state index >= 15 is 0 Å². The molecule has 1 atom stereocenters. The lowest BCUT2D eigenvalue weighted by atomic mass is 10.0. The SMILES string of the molecule is CC(=O)NC1CCN(Sc2ccccc2-c2ccc3nc(N)nc(C(=O)N4Cc5ccccc5C4)c3c2)C1. The molecule has 2 amide bonds. The predicted molar refractivity (Wildman–Crippen MR) is 149 cm³/mol. The number of nitrogen functional groups attached to an aromatic ring is 1. The van der Waals surface area contributed by atoms with E-state index in [-0.39, 0.29) is 23.8 Å². The molecule has 6 rings (SSSR count). The molecule has 3 aromatic carbocycles. The van der Waals surface area contributed by atoms with Gasteiger partial charge in [-0.05, 0) is 58.8 Å². The average Bonchev–Trinajstić information content (AvgIpc) is 3.54. The Kier molecular flexibility index (Phi) is 6.47. The molecule has 1 aromatic heterocycles. The van der Waals surface area contributed by atoms with Crippen LogP contribution in [-0.4, -0.2) is 50.1 Å². The maximum atomic E-state index is 13.7. The number of amides is 2. The van der Waals surface area contributed by atoms with Crippen LogP contribution in [0.2, 0.25) is 0 Å². The second-order valence-corrected chi connectivity index (χ2v) is 10.9. The standard InChI is InChI=1S/C29H28N6O2S/c1-18(36)31-22-12-13-35(17-22)38-26-9-5-4-8-23(26)19-10-11-25-24(14-19)27(33-29(30)32-25)28(37)34-15-20-6-2-3-7-21(20)16-34/h2-11,14,22H,12-13,15-17H2,1H3,(H,31,36)(H2,30,32,33). The van der Waals surface area contributed by atoms with E-state index in [4.69, 9.17) is 5.73 Å². The summed E-state index contributed by atoms with van der Waals surface area (Å²) in [4.78, 5) is 36.9. The van der Waals surface area contributed by atoms with Crippen molar-refractivity contribution in [2.24, 2.45) is 0 Å². The third kappa shape index (κ3) is 4.82. The summed E-state index contributed by atoms with van der Waals surface area (Å²) in [5.41, 5.74) is 11.3.